The number of rotatable bonds is 2. The summed E-state index contributed by atoms with van der Waals surface area (Å²) in [6, 6.07) is 0. The van der Waals surface area contributed by atoms with Crippen molar-refractivity contribution in [1.82, 2.24) is 4.31 Å². The van der Waals surface area contributed by atoms with E-state index < -0.39 is 15.6 Å². The molecule has 1 fully saturated rings. The predicted molar refractivity (Wildman–Crippen MR) is 52.9 cm³/mol. The molecule has 0 aromatic carbocycles. The standard InChI is InChI=1S/C8H18N2O2S/c1-8(2,7-9)10-5-3-4-6-13(10,11)12/h3-7,9H2,1-2H3. The summed E-state index contributed by atoms with van der Waals surface area (Å²) in [7, 11) is -3.04. The summed E-state index contributed by atoms with van der Waals surface area (Å²) in [5.41, 5.74) is 5.12. The van der Waals surface area contributed by atoms with Crippen molar-refractivity contribution in [1.29, 1.82) is 0 Å². The highest BCUT2D eigenvalue weighted by molar-refractivity contribution is 7.89. The minimum absolute atomic E-state index is 0.274. The first kappa shape index (κ1) is 10.9. The lowest BCUT2D eigenvalue weighted by Crippen LogP contribution is -2.54. The third-order valence-electron chi connectivity index (χ3n) is 2.52. The van der Waals surface area contributed by atoms with Crippen molar-refractivity contribution in [2.75, 3.05) is 18.8 Å². The summed E-state index contributed by atoms with van der Waals surface area (Å²) < 4.78 is 24.9. The van der Waals surface area contributed by atoms with Crippen molar-refractivity contribution in [3.8, 4) is 0 Å². The van der Waals surface area contributed by atoms with Crippen molar-refractivity contribution >= 4 is 10.0 Å². The zero-order valence-corrected chi connectivity index (χ0v) is 9.10. The Morgan fingerprint density at radius 1 is 1.38 bits per heavy atom. The van der Waals surface area contributed by atoms with Crippen LogP contribution in [0.15, 0.2) is 0 Å². The molecule has 78 valence electrons. The molecular formula is C8H18N2O2S. The van der Waals surface area contributed by atoms with E-state index in [0.29, 0.717) is 13.1 Å². The van der Waals surface area contributed by atoms with Gasteiger partial charge in [0.2, 0.25) is 10.0 Å². The average Bonchev–Trinajstić information content (AvgIpc) is 2.03. The number of hydrogen-bond donors (Lipinski definition) is 1. The number of nitrogens with two attached hydrogens (primary N) is 1. The van der Waals surface area contributed by atoms with Crippen molar-refractivity contribution < 1.29 is 8.42 Å². The monoisotopic (exact) mass is 206 g/mol. The molecule has 0 amide bonds. The number of hydrogen-bond acceptors (Lipinski definition) is 3. The van der Waals surface area contributed by atoms with E-state index in [0.717, 1.165) is 12.8 Å². The summed E-state index contributed by atoms with van der Waals surface area (Å²) in [4.78, 5) is 0. The number of nitrogens with zero attached hydrogens (tertiary/aromatic N) is 1. The van der Waals surface area contributed by atoms with Gasteiger partial charge in [0.25, 0.3) is 0 Å². The Balaban J connectivity index is 2.89. The van der Waals surface area contributed by atoms with Crippen molar-refractivity contribution in [3.63, 3.8) is 0 Å². The van der Waals surface area contributed by atoms with Gasteiger partial charge in [0, 0.05) is 18.6 Å². The minimum Gasteiger partial charge on any atom is -0.329 e. The molecule has 0 saturated carbocycles. The quantitative estimate of drug-likeness (QED) is 0.699. The van der Waals surface area contributed by atoms with Gasteiger partial charge in [0.15, 0.2) is 0 Å². The van der Waals surface area contributed by atoms with Crippen LogP contribution in [0.2, 0.25) is 0 Å². The van der Waals surface area contributed by atoms with E-state index in [4.69, 9.17) is 5.73 Å². The van der Waals surface area contributed by atoms with E-state index in [1.165, 1.54) is 0 Å². The van der Waals surface area contributed by atoms with Crippen LogP contribution in [0.25, 0.3) is 0 Å². The zero-order chi connectivity index (χ0) is 10.1. The maximum absolute atomic E-state index is 11.7. The van der Waals surface area contributed by atoms with Crippen molar-refractivity contribution in [2.45, 2.75) is 32.2 Å². The Labute approximate surface area is 80.1 Å². The molecule has 0 bridgehead atoms. The molecule has 4 nitrogen and oxygen atoms in total. The van der Waals surface area contributed by atoms with Gasteiger partial charge in [-0.1, -0.05) is 0 Å². The summed E-state index contributed by atoms with van der Waals surface area (Å²) >= 11 is 0. The van der Waals surface area contributed by atoms with E-state index in [1.54, 1.807) is 4.31 Å². The van der Waals surface area contributed by atoms with Crippen LogP contribution in [0.1, 0.15) is 26.7 Å². The maximum atomic E-state index is 11.7. The molecule has 1 rings (SSSR count). The highest BCUT2D eigenvalue weighted by Crippen LogP contribution is 2.23. The van der Waals surface area contributed by atoms with Crippen LogP contribution in [0.3, 0.4) is 0 Å². The highest BCUT2D eigenvalue weighted by atomic mass is 32.2. The first-order valence-corrected chi connectivity index (χ1v) is 6.22. The SMILES string of the molecule is CC(C)(CN)N1CCCCS1(=O)=O. The van der Waals surface area contributed by atoms with Gasteiger partial charge < -0.3 is 5.73 Å². The van der Waals surface area contributed by atoms with E-state index in [1.807, 2.05) is 13.8 Å². The summed E-state index contributed by atoms with van der Waals surface area (Å²) in [5.74, 6) is 0.274. The fraction of sp³-hybridized carbons (Fsp3) is 1.00. The molecule has 1 aliphatic heterocycles. The molecule has 13 heavy (non-hydrogen) atoms. The van der Waals surface area contributed by atoms with Crippen LogP contribution in [-0.2, 0) is 10.0 Å². The molecule has 0 spiro atoms. The molecule has 1 aliphatic rings. The minimum atomic E-state index is -3.04. The van der Waals surface area contributed by atoms with Gasteiger partial charge in [0.1, 0.15) is 0 Å². The van der Waals surface area contributed by atoms with Gasteiger partial charge in [-0.15, -0.1) is 0 Å². The van der Waals surface area contributed by atoms with Crippen LogP contribution in [-0.4, -0.2) is 37.1 Å². The van der Waals surface area contributed by atoms with Crippen LogP contribution in [0, 0.1) is 0 Å². The fourth-order valence-corrected chi connectivity index (χ4v) is 3.59. The predicted octanol–water partition coefficient (Wildman–Crippen LogP) is 0.149. The van der Waals surface area contributed by atoms with Crippen molar-refractivity contribution in [2.24, 2.45) is 5.73 Å². The number of sulfonamides is 1. The summed E-state index contributed by atoms with van der Waals surface area (Å²) in [6.45, 7) is 4.73. The first-order valence-electron chi connectivity index (χ1n) is 4.61. The third kappa shape index (κ3) is 2.21. The third-order valence-corrected chi connectivity index (χ3v) is 4.68. The van der Waals surface area contributed by atoms with Gasteiger partial charge >= 0.3 is 0 Å². The normalized spacial score (nSPS) is 24.5. The molecule has 2 N–H and O–H groups in total. The second kappa shape index (κ2) is 3.55. The molecule has 5 heteroatoms. The molecule has 0 aromatic heterocycles. The lowest BCUT2D eigenvalue weighted by atomic mass is 10.1. The molecule has 0 unspecified atom stereocenters. The lowest BCUT2D eigenvalue weighted by Gasteiger charge is -2.38. The lowest BCUT2D eigenvalue weighted by molar-refractivity contribution is 0.223. The molecule has 0 atom stereocenters. The largest absolute Gasteiger partial charge is 0.329 e. The van der Waals surface area contributed by atoms with E-state index in [2.05, 4.69) is 0 Å². The molecule has 0 aliphatic carbocycles. The zero-order valence-electron chi connectivity index (χ0n) is 8.28. The van der Waals surface area contributed by atoms with Crippen LogP contribution >= 0.6 is 0 Å². The van der Waals surface area contributed by atoms with Crippen molar-refractivity contribution in [3.05, 3.63) is 0 Å². The van der Waals surface area contributed by atoms with Crippen LogP contribution < -0.4 is 5.73 Å². The van der Waals surface area contributed by atoms with Gasteiger partial charge in [-0.05, 0) is 26.7 Å². The van der Waals surface area contributed by atoms with Gasteiger partial charge in [-0.2, -0.15) is 4.31 Å². The van der Waals surface area contributed by atoms with E-state index in [-0.39, 0.29) is 5.75 Å². The summed E-state index contributed by atoms with van der Waals surface area (Å²) in [6.07, 6.45) is 1.72. The van der Waals surface area contributed by atoms with E-state index >= 15 is 0 Å². The molecule has 1 saturated heterocycles. The molecule has 0 radical (unpaired) electrons. The topological polar surface area (TPSA) is 63.4 Å². The Bertz CT molecular complexity index is 272. The van der Waals surface area contributed by atoms with Gasteiger partial charge in [-0.3, -0.25) is 0 Å². The van der Waals surface area contributed by atoms with Crippen LogP contribution in [0.4, 0.5) is 0 Å². The molecule has 1 heterocycles. The molecule has 0 aromatic rings. The second-order valence-electron chi connectivity index (χ2n) is 4.11. The smallest absolute Gasteiger partial charge is 0.214 e. The highest BCUT2D eigenvalue weighted by Gasteiger charge is 2.36. The Morgan fingerprint density at radius 3 is 2.46 bits per heavy atom. The first-order chi connectivity index (χ1) is 5.90. The van der Waals surface area contributed by atoms with Gasteiger partial charge in [0.05, 0.1) is 5.75 Å². The van der Waals surface area contributed by atoms with Gasteiger partial charge in [-0.25, -0.2) is 8.42 Å². The molecular weight excluding hydrogens is 188 g/mol. The second-order valence-corrected chi connectivity index (χ2v) is 6.12. The summed E-state index contributed by atoms with van der Waals surface area (Å²) in [5, 5.41) is 0. The Morgan fingerprint density at radius 2 is 2.00 bits per heavy atom. The van der Waals surface area contributed by atoms with Crippen LogP contribution in [0.5, 0.6) is 0 Å². The average molecular weight is 206 g/mol. The maximum Gasteiger partial charge on any atom is 0.214 e. The van der Waals surface area contributed by atoms with E-state index in [9.17, 15) is 8.42 Å². The fourth-order valence-electron chi connectivity index (χ4n) is 1.57. The Hall–Kier alpha value is -0.130. The Kier molecular flexibility index (Phi) is 2.99.